The first-order valence-corrected chi connectivity index (χ1v) is 8.75. The summed E-state index contributed by atoms with van der Waals surface area (Å²) in [6.45, 7) is 6.73. The van der Waals surface area contributed by atoms with Crippen LogP contribution in [0.2, 0.25) is 0 Å². The number of benzene rings is 1. The number of unbranched alkanes of at least 4 members (excludes halogenated alkanes) is 1. The van der Waals surface area contributed by atoms with Gasteiger partial charge in [-0.2, -0.15) is 0 Å². The average molecular weight is 295 g/mol. The van der Waals surface area contributed by atoms with Crippen molar-refractivity contribution in [2.75, 3.05) is 0 Å². The maximum atomic E-state index is 4.54. The Morgan fingerprint density at radius 3 is 2.45 bits per heavy atom. The molecule has 0 aliphatic heterocycles. The van der Waals surface area contributed by atoms with Gasteiger partial charge in [0.1, 0.15) is 0 Å². The van der Waals surface area contributed by atoms with Crippen molar-refractivity contribution in [1.82, 2.24) is 4.98 Å². The van der Waals surface area contributed by atoms with Crippen molar-refractivity contribution in [3.8, 4) is 11.3 Å². The van der Waals surface area contributed by atoms with E-state index < -0.39 is 0 Å². The van der Waals surface area contributed by atoms with Crippen molar-refractivity contribution < 1.29 is 0 Å². The first kappa shape index (κ1) is 16.7. The Morgan fingerprint density at radius 1 is 1.00 bits per heavy atom. The van der Waals surface area contributed by atoms with Crippen LogP contribution in [0.15, 0.2) is 42.6 Å². The molecular weight excluding hydrogens is 266 g/mol. The molecular formula is C21H29N. The van der Waals surface area contributed by atoms with Gasteiger partial charge in [0.15, 0.2) is 0 Å². The molecule has 0 fully saturated rings. The van der Waals surface area contributed by atoms with Gasteiger partial charge in [0, 0.05) is 11.8 Å². The topological polar surface area (TPSA) is 12.9 Å². The van der Waals surface area contributed by atoms with Crippen LogP contribution in [0.3, 0.4) is 0 Å². The molecule has 0 saturated carbocycles. The highest BCUT2D eigenvalue weighted by Crippen LogP contribution is 2.22. The van der Waals surface area contributed by atoms with E-state index in [0.717, 1.165) is 11.6 Å². The van der Waals surface area contributed by atoms with Gasteiger partial charge in [-0.25, -0.2) is 0 Å². The Morgan fingerprint density at radius 2 is 1.77 bits per heavy atom. The molecule has 22 heavy (non-hydrogen) atoms. The largest absolute Gasteiger partial charge is 0.256 e. The van der Waals surface area contributed by atoms with Crippen LogP contribution in [0.5, 0.6) is 0 Å². The predicted molar refractivity (Wildman–Crippen MR) is 96.0 cm³/mol. The summed E-state index contributed by atoms with van der Waals surface area (Å²) in [5.41, 5.74) is 5.02. The highest BCUT2D eigenvalue weighted by Gasteiger charge is 2.07. The van der Waals surface area contributed by atoms with Gasteiger partial charge in [-0.3, -0.25) is 4.98 Å². The molecule has 1 nitrogen and oxygen atoms in total. The van der Waals surface area contributed by atoms with E-state index in [0.29, 0.717) is 0 Å². The third-order valence-electron chi connectivity index (χ3n) is 4.56. The Kier molecular flexibility index (Phi) is 6.64. The number of nitrogens with zero attached hydrogens (tertiary/aromatic N) is 1. The van der Waals surface area contributed by atoms with Crippen LogP contribution < -0.4 is 0 Å². The fraction of sp³-hybridized carbons (Fsp3) is 0.476. The molecule has 1 unspecified atom stereocenters. The summed E-state index contributed by atoms with van der Waals surface area (Å²) in [5, 5.41) is 0. The normalized spacial score (nSPS) is 12.3. The van der Waals surface area contributed by atoms with Crippen molar-refractivity contribution in [3.05, 3.63) is 53.7 Å². The minimum absolute atomic E-state index is 0.871. The third kappa shape index (κ3) is 4.98. The molecule has 0 amide bonds. The van der Waals surface area contributed by atoms with Crippen molar-refractivity contribution >= 4 is 0 Å². The predicted octanol–water partition coefficient (Wildman–Crippen LogP) is 6.21. The SMILES string of the molecule is CCCCC(CC)CCc1ccnc(-c2ccc(C)cc2)c1. The molecule has 0 saturated heterocycles. The number of pyridine rings is 1. The van der Waals surface area contributed by atoms with Crippen molar-refractivity contribution in [3.63, 3.8) is 0 Å². The van der Waals surface area contributed by atoms with Gasteiger partial charge >= 0.3 is 0 Å². The first-order chi connectivity index (χ1) is 10.7. The lowest BCUT2D eigenvalue weighted by molar-refractivity contribution is 0.422. The molecule has 0 aliphatic carbocycles. The molecule has 2 rings (SSSR count). The van der Waals surface area contributed by atoms with E-state index in [4.69, 9.17) is 0 Å². The lowest BCUT2D eigenvalue weighted by atomic mass is 9.92. The second-order valence-corrected chi connectivity index (χ2v) is 6.37. The zero-order valence-corrected chi connectivity index (χ0v) is 14.3. The first-order valence-electron chi connectivity index (χ1n) is 8.75. The Bertz CT molecular complexity index is 556. The van der Waals surface area contributed by atoms with Gasteiger partial charge in [-0.15, -0.1) is 0 Å². The van der Waals surface area contributed by atoms with E-state index in [1.807, 2.05) is 6.20 Å². The Balaban J connectivity index is 2.00. The molecule has 0 N–H and O–H groups in total. The van der Waals surface area contributed by atoms with E-state index in [1.54, 1.807) is 0 Å². The van der Waals surface area contributed by atoms with Crippen LogP contribution in [-0.2, 0) is 6.42 Å². The highest BCUT2D eigenvalue weighted by atomic mass is 14.7. The lowest BCUT2D eigenvalue weighted by Crippen LogP contribution is -2.01. The second-order valence-electron chi connectivity index (χ2n) is 6.37. The van der Waals surface area contributed by atoms with Crippen LogP contribution in [0.25, 0.3) is 11.3 Å². The molecule has 1 atom stereocenters. The van der Waals surface area contributed by atoms with Crippen molar-refractivity contribution in [1.29, 1.82) is 0 Å². The molecule has 1 aromatic heterocycles. The molecule has 1 heterocycles. The van der Waals surface area contributed by atoms with E-state index in [2.05, 4.69) is 62.2 Å². The zero-order chi connectivity index (χ0) is 15.8. The van der Waals surface area contributed by atoms with Gasteiger partial charge in [-0.1, -0.05) is 69.4 Å². The monoisotopic (exact) mass is 295 g/mol. The number of aromatic nitrogens is 1. The minimum Gasteiger partial charge on any atom is -0.256 e. The summed E-state index contributed by atoms with van der Waals surface area (Å²) in [4.78, 5) is 4.54. The average Bonchev–Trinajstić information content (AvgIpc) is 2.56. The standard InChI is InChI=1S/C21H29N/c1-4-6-7-18(5-2)10-11-19-14-15-22-21(16-19)20-12-8-17(3)9-13-20/h8-9,12-16,18H,4-7,10-11H2,1-3H3. The molecule has 118 valence electrons. The highest BCUT2D eigenvalue weighted by molar-refractivity contribution is 5.59. The van der Waals surface area contributed by atoms with Crippen LogP contribution in [-0.4, -0.2) is 4.98 Å². The zero-order valence-electron chi connectivity index (χ0n) is 14.3. The van der Waals surface area contributed by atoms with Gasteiger partial charge in [0.2, 0.25) is 0 Å². The van der Waals surface area contributed by atoms with Crippen LogP contribution in [0.4, 0.5) is 0 Å². The van der Waals surface area contributed by atoms with E-state index in [9.17, 15) is 0 Å². The number of hydrogen-bond donors (Lipinski definition) is 0. The maximum Gasteiger partial charge on any atom is 0.0704 e. The number of rotatable bonds is 8. The molecule has 1 heteroatoms. The van der Waals surface area contributed by atoms with Gasteiger partial charge < -0.3 is 0 Å². The molecule has 0 bridgehead atoms. The summed E-state index contributed by atoms with van der Waals surface area (Å²) in [7, 11) is 0. The van der Waals surface area contributed by atoms with Crippen molar-refractivity contribution in [2.24, 2.45) is 5.92 Å². The molecule has 1 aromatic carbocycles. The summed E-state index contributed by atoms with van der Waals surface area (Å²) in [6, 6.07) is 13.1. The van der Waals surface area contributed by atoms with Crippen LogP contribution in [0.1, 0.15) is 57.1 Å². The van der Waals surface area contributed by atoms with E-state index in [-0.39, 0.29) is 0 Å². The molecule has 0 radical (unpaired) electrons. The quantitative estimate of drug-likeness (QED) is 0.564. The number of aryl methyl sites for hydroxylation is 2. The smallest absolute Gasteiger partial charge is 0.0704 e. The summed E-state index contributed by atoms with van der Waals surface area (Å²) < 4.78 is 0. The summed E-state index contributed by atoms with van der Waals surface area (Å²) in [6.07, 6.45) is 9.78. The number of hydrogen-bond acceptors (Lipinski definition) is 1. The maximum absolute atomic E-state index is 4.54. The molecule has 2 aromatic rings. The van der Waals surface area contributed by atoms with Gasteiger partial charge in [0.05, 0.1) is 5.69 Å². The summed E-state index contributed by atoms with van der Waals surface area (Å²) >= 11 is 0. The molecule has 0 spiro atoms. The van der Waals surface area contributed by atoms with Crippen molar-refractivity contribution in [2.45, 2.75) is 59.3 Å². The van der Waals surface area contributed by atoms with Crippen LogP contribution >= 0.6 is 0 Å². The third-order valence-corrected chi connectivity index (χ3v) is 4.56. The lowest BCUT2D eigenvalue weighted by Gasteiger charge is -2.14. The van der Waals surface area contributed by atoms with Gasteiger partial charge in [0.25, 0.3) is 0 Å². The fourth-order valence-electron chi connectivity index (χ4n) is 2.93. The fourth-order valence-corrected chi connectivity index (χ4v) is 2.93. The molecule has 0 aliphatic rings. The Labute approximate surface area is 135 Å². The van der Waals surface area contributed by atoms with Crippen LogP contribution in [0, 0.1) is 12.8 Å². The van der Waals surface area contributed by atoms with E-state index in [1.165, 1.54) is 55.2 Å². The summed E-state index contributed by atoms with van der Waals surface area (Å²) in [5.74, 6) is 0.871. The van der Waals surface area contributed by atoms with Gasteiger partial charge in [-0.05, 0) is 43.4 Å². The Hall–Kier alpha value is -1.63. The second kappa shape index (κ2) is 8.73. The minimum atomic E-state index is 0.871. The van der Waals surface area contributed by atoms with E-state index >= 15 is 0 Å².